The van der Waals surface area contributed by atoms with Crippen molar-refractivity contribution in [2.24, 2.45) is 5.41 Å². The summed E-state index contributed by atoms with van der Waals surface area (Å²) in [6.07, 6.45) is 5.40. The zero-order valence-electron chi connectivity index (χ0n) is 34.5. The van der Waals surface area contributed by atoms with Gasteiger partial charge in [-0.25, -0.2) is 0 Å². The lowest BCUT2D eigenvalue weighted by molar-refractivity contribution is 0.519. The van der Waals surface area contributed by atoms with Gasteiger partial charge >= 0.3 is 0 Å². The molecule has 2 nitrogen and oxygen atoms in total. The number of rotatable bonds is 1. The van der Waals surface area contributed by atoms with Crippen LogP contribution in [0.15, 0.2) is 81.8 Å². The van der Waals surface area contributed by atoms with E-state index in [1.54, 1.807) is 0 Å². The van der Waals surface area contributed by atoms with Crippen molar-refractivity contribution in [3.8, 4) is 0 Å². The van der Waals surface area contributed by atoms with Crippen LogP contribution >= 0.6 is 0 Å². The summed E-state index contributed by atoms with van der Waals surface area (Å²) < 4.78 is 11.6. The Hall–Kier alpha value is -3.52. The smallest absolute Gasteiger partial charge is 0.134 e. The van der Waals surface area contributed by atoms with Crippen LogP contribution in [0.2, 0.25) is 0 Å². The fraction of sp³-hybridized carbons (Fsp3) is 0.500. The maximum atomic E-state index is 5.87. The molecule has 0 spiro atoms. The summed E-state index contributed by atoms with van der Waals surface area (Å²) in [5.74, 6) is 1.52. The average molecular weight is 675 g/mol. The van der Waals surface area contributed by atoms with Crippen molar-refractivity contribution in [3.63, 3.8) is 0 Å². The molecule has 0 bridgehead atoms. The highest BCUT2D eigenvalue weighted by atomic mass is 16.3. The zero-order valence-corrected chi connectivity index (χ0v) is 34.5. The van der Waals surface area contributed by atoms with Gasteiger partial charge in [0.2, 0.25) is 0 Å². The van der Waals surface area contributed by atoms with Gasteiger partial charge in [-0.15, -0.1) is 0 Å². The highest BCUT2D eigenvalue weighted by Gasteiger charge is 2.26. The molecule has 0 saturated heterocycles. The van der Waals surface area contributed by atoms with Crippen LogP contribution < -0.4 is 0 Å². The number of furan rings is 2. The van der Waals surface area contributed by atoms with E-state index in [0.717, 1.165) is 23.3 Å². The van der Waals surface area contributed by atoms with E-state index >= 15 is 0 Å². The van der Waals surface area contributed by atoms with Crippen LogP contribution in [-0.4, -0.2) is 0 Å². The lowest BCUT2D eigenvalue weighted by atomic mass is 9.81. The first-order valence-corrected chi connectivity index (χ1v) is 18.7. The lowest BCUT2D eigenvalue weighted by Gasteiger charge is -2.24. The van der Waals surface area contributed by atoms with Gasteiger partial charge in [-0.2, -0.15) is 0 Å². The van der Waals surface area contributed by atoms with Crippen LogP contribution in [0.1, 0.15) is 163 Å². The Kier molecular flexibility index (Phi) is 10.9. The average Bonchev–Trinajstić information content (AvgIpc) is 3.71. The van der Waals surface area contributed by atoms with Crippen LogP contribution in [0.25, 0.3) is 27.5 Å². The van der Waals surface area contributed by atoms with Crippen LogP contribution in [0.5, 0.6) is 0 Å². The van der Waals surface area contributed by atoms with Gasteiger partial charge < -0.3 is 8.83 Å². The van der Waals surface area contributed by atoms with E-state index in [0.29, 0.717) is 5.92 Å². The summed E-state index contributed by atoms with van der Waals surface area (Å²) in [6, 6.07) is 22.3. The molecule has 0 radical (unpaired) electrons. The van der Waals surface area contributed by atoms with E-state index in [-0.39, 0.29) is 27.1 Å². The lowest BCUT2D eigenvalue weighted by Crippen LogP contribution is -2.12. The Labute approximate surface area is 304 Å². The molecule has 0 fully saturated rings. The van der Waals surface area contributed by atoms with Gasteiger partial charge in [0.05, 0.1) is 6.26 Å². The number of benzene rings is 3. The largest absolute Gasteiger partial charge is 0.464 e. The SMILES string of the molecule is CC(C)(C)C1=CCc2cc(C(C)(C)C)ccc21.CC(C)(C)c1ccc2c(C(C)(C)C)coc2c1.CC(C)c1cc2ccc(C(C)(C)C)cc2o1. The van der Waals surface area contributed by atoms with E-state index in [4.69, 9.17) is 8.83 Å². The number of allylic oxidation sites excluding steroid dienone is 2. The predicted molar refractivity (Wildman–Crippen MR) is 219 cm³/mol. The van der Waals surface area contributed by atoms with Gasteiger partial charge in [0.15, 0.2) is 0 Å². The fourth-order valence-corrected chi connectivity index (χ4v) is 6.40. The Morgan fingerprint density at radius 3 is 1.58 bits per heavy atom. The first-order chi connectivity index (χ1) is 22.8. The Morgan fingerprint density at radius 2 is 1.06 bits per heavy atom. The topological polar surface area (TPSA) is 26.3 Å². The maximum Gasteiger partial charge on any atom is 0.134 e. The standard InChI is InChI=1S/C17H24.C16H22O.C15H20O/c1-16(2,3)13-8-9-14-12(11-13)7-10-15(14)17(4,5)6;1-15(2,3)11-7-8-12-13(16(4,5)6)10-17-14(12)9-11;1-10(2)13-8-11-6-7-12(15(3,4)5)9-14(11)16-13/h8-11H,7H2,1-6H3;7-10H,1-6H3;6-10H,1-5H3. The van der Waals surface area contributed by atoms with Crippen molar-refractivity contribution in [3.05, 3.63) is 112 Å². The van der Waals surface area contributed by atoms with E-state index in [1.807, 2.05) is 6.26 Å². The molecule has 2 heteroatoms. The third-order valence-corrected chi connectivity index (χ3v) is 9.82. The predicted octanol–water partition coefficient (Wildman–Crippen LogP) is 14.9. The zero-order chi connectivity index (χ0) is 37.6. The minimum Gasteiger partial charge on any atom is -0.464 e. The first kappa shape index (κ1) is 39.3. The molecule has 0 unspecified atom stereocenters. The molecule has 2 aromatic heterocycles. The molecule has 270 valence electrons. The minimum atomic E-state index is 0.133. The second-order valence-electron chi connectivity index (χ2n) is 19.9. The summed E-state index contributed by atoms with van der Waals surface area (Å²) in [5.41, 5.74) is 12.8. The molecule has 0 N–H and O–H groups in total. The quantitative estimate of drug-likeness (QED) is 0.177. The van der Waals surface area contributed by atoms with Crippen LogP contribution in [0, 0.1) is 5.41 Å². The van der Waals surface area contributed by atoms with Gasteiger partial charge in [-0.05, 0) is 85.1 Å². The van der Waals surface area contributed by atoms with Gasteiger partial charge in [-0.3, -0.25) is 0 Å². The molecule has 5 aromatic rings. The third kappa shape index (κ3) is 9.22. The van der Waals surface area contributed by atoms with Crippen molar-refractivity contribution in [2.75, 3.05) is 0 Å². The Bertz CT molecular complexity index is 1950. The minimum absolute atomic E-state index is 0.133. The molecule has 50 heavy (non-hydrogen) atoms. The molecule has 1 aliphatic rings. The van der Waals surface area contributed by atoms with Gasteiger partial charge in [0, 0.05) is 22.3 Å². The van der Waals surface area contributed by atoms with Crippen LogP contribution in [0.3, 0.4) is 0 Å². The fourth-order valence-electron chi connectivity index (χ4n) is 6.40. The molecule has 0 aliphatic heterocycles. The monoisotopic (exact) mass is 675 g/mol. The van der Waals surface area contributed by atoms with Crippen molar-refractivity contribution >= 4 is 27.5 Å². The number of fused-ring (bicyclic) bond motifs is 3. The molecule has 0 saturated carbocycles. The Morgan fingerprint density at radius 1 is 0.540 bits per heavy atom. The second kappa shape index (κ2) is 13.9. The molecular weight excluding hydrogens is 609 g/mol. The third-order valence-electron chi connectivity index (χ3n) is 9.82. The van der Waals surface area contributed by atoms with E-state index in [2.05, 4.69) is 184 Å². The van der Waals surface area contributed by atoms with E-state index in [1.165, 1.54) is 49.7 Å². The van der Waals surface area contributed by atoms with Crippen molar-refractivity contribution in [1.82, 2.24) is 0 Å². The summed E-state index contributed by atoms with van der Waals surface area (Å²) in [4.78, 5) is 0. The first-order valence-electron chi connectivity index (χ1n) is 18.7. The molecular formula is C48H66O2. The van der Waals surface area contributed by atoms with Gasteiger partial charge in [-0.1, -0.05) is 166 Å². The number of hydrogen-bond acceptors (Lipinski definition) is 2. The van der Waals surface area contributed by atoms with Crippen molar-refractivity contribution < 1.29 is 8.83 Å². The molecule has 1 aliphatic carbocycles. The van der Waals surface area contributed by atoms with Crippen LogP contribution in [0.4, 0.5) is 0 Å². The molecule has 3 aromatic carbocycles. The van der Waals surface area contributed by atoms with Gasteiger partial charge in [0.1, 0.15) is 16.9 Å². The van der Waals surface area contributed by atoms with Crippen LogP contribution in [-0.2, 0) is 28.1 Å². The van der Waals surface area contributed by atoms with Crippen molar-refractivity contribution in [1.29, 1.82) is 0 Å². The van der Waals surface area contributed by atoms with E-state index in [9.17, 15) is 0 Å². The number of hydrogen-bond donors (Lipinski definition) is 0. The van der Waals surface area contributed by atoms with E-state index < -0.39 is 0 Å². The highest BCUT2D eigenvalue weighted by Crippen LogP contribution is 2.41. The summed E-state index contributed by atoms with van der Waals surface area (Å²) in [7, 11) is 0. The normalized spacial score (nSPS) is 13.9. The second-order valence-corrected chi connectivity index (χ2v) is 19.9. The highest BCUT2D eigenvalue weighted by molar-refractivity contribution is 5.83. The molecule has 0 atom stereocenters. The summed E-state index contributed by atoms with van der Waals surface area (Å²) in [5, 5.41) is 2.45. The summed E-state index contributed by atoms with van der Waals surface area (Å²) in [6.45, 7) is 38.0. The maximum absolute atomic E-state index is 5.87. The van der Waals surface area contributed by atoms with Gasteiger partial charge in [0.25, 0.3) is 0 Å². The molecule has 2 heterocycles. The molecule has 0 amide bonds. The molecule has 6 rings (SSSR count). The summed E-state index contributed by atoms with van der Waals surface area (Å²) >= 11 is 0. The Balaban J connectivity index is 0.000000169. The van der Waals surface area contributed by atoms with Crippen molar-refractivity contribution in [2.45, 2.75) is 152 Å².